The molecular formula is C19H19ClN4OS. The summed E-state index contributed by atoms with van der Waals surface area (Å²) in [7, 11) is 0. The van der Waals surface area contributed by atoms with Crippen LogP contribution in [-0.2, 0) is 4.79 Å². The Kier molecular flexibility index (Phi) is 5.64. The van der Waals surface area contributed by atoms with Gasteiger partial charge in [-0.05, 0) is 56.7 Å². The number of H-pyrrole nitrogens is 1. The fourth-order valence-corrected chi connectivity index (χ4v) is 3.29. The van der Waals surface area contributed by atoms with Crippen LogP contribution < -0.4 is 5.32 Å². The first kappa shape index (κ1) is 18.5. The maximum absolute atomic E-state index is 12.5. The lowest BCUT2D eigenvalue weighted by atomic mass is 10.1. The predicted octanol–water partition coefficient (Wildman–Crippen LogP) is 4.86. The Hall–Kier alpha value is -2.31. The van der Waals surface area contributed by atoms with E-state index in [1.807, 2.05) is 51.1 Å². The number of carbonyl (C=O) groups is 1. The van der Waals surface area contributed by atoms with Crippen molar-refractivity contribution in [1.29, 1.82) is 0 Å². The van der Waals surface area contributed by atoms with Gasteiger partial charge in [-0.15, -0.1) is 5.10 Å². The number of anilines is 1. The van der Waals surface area contributed by atoms with Gasteiger partial charge in [0.2, 0.25) is 11.1 Å². The molecule has 0 saturated heterocycles. The number of hydrogen-bond acceptors (Lipinski definition) is 4. The number of carbonyl (C=O) groups excluding carboxylic acids is 1. The first-order valence-electron chi connectivity index (χ1n) is 8.15. The molecule has 26 heavy (non-hydrogen) atoms. The number of aromatic nitrogens is 3. The number of thioether (sulfide) groups is 1. The smallest absolute Gasteiger partial charge is 0.237 e. The highest BCUT2D eigenvalue weighted by molar-refractivity contribution is 8.00. The number of amides is 1. The number of nitrogens with zero attached hydrogens (tertiary/aromatic N) is 2. The lowest BCUT2D eigenvalue weighted by Crippen LogP contribution is -2.23. The van der Waals surface area contributed by atoms with Gasteiger partial charge in [0.15, 0.2) is 5.82 Å². The Morgan fingerprint density at radius 3 is 2.62 bits per heavy atom. The minimum absolute atomic E-state index is 0.0835. The number of aryl methyl sites for hydroxylation is 2. The van der Waals surface area contributed by atoms with Crippen LogP contribution in [0.3, 0.4) is 0 Å². The summed E-state index contributed by atoms with van der Waals surface area (Å²) in [6.45, 7) is 5.84. The maximum atomic E-state index is 12.5. The largest absolute Gasteiger partial charge is 0.325 e. The second-order valence-corrected chi connectivity index (χ2v) is 7.79. The van der Waals surface area contributed by atoms with Crippen LogP contribution >= 0.6 is 23.4 Å². The Bertz CT molecular complexity index is 924. The van der Waals surface area contributed by atoms with Crippen LogP contribution in [0.25, 0.3) is 11.4 Å². The van der Waals surface area contributed by atoms with Crippen LogP contribution in [-0.4, -0.2) is 26.3 Å². The molecule has 0 fully saturated rings. The van der Waals surface area contributed by atoms with Gasteiger partial charge in [0.25, 0.3) is 0 Å². The molecule has 5 nitrogen and oxygen atoms in total. The van der Waals surface area contributed by atoms with Gasteiger partial charge in [0.05, 0.1) is 5.25 Å². The first-order chi connectivity index (χ1) is 12.4. The molecule has 3 aromatic rings. The van der Waals surface area contributed by atoms with Crippen molar-refractivity contribution in [3.05, 3.63) is 58.6 Å². The van der Waals surface area contributed by atoms with Gasteiger partial charge >= 0.3 is 0 Å². The zero-order valence-corrected chi connectivity index (χ0v) is 16.3. The van der Waals surface area contributed by atoms with Crippen molar-refractivity contribution in [2.24, 2.45) is 0 Å². The van der Waals surface area contributed by atoms with Gasteiger partial charge < -0.3 is 5.32 Å². The fraction of sp³-hybridized carbons (Fsp3) is 0.211. The summed E-state index contributed by atoms with van der Waals surface area (Å²) in [4.78, 5) is 16.9. The SMILES string of the molecule is Cc1ccc(NC(=O)C(C)Sc2n[nH]c(-c3ccc(Cl)cc3)n2)c(C)c1. The number of nitrogens with one attached hydrogen (secondary N) is 2. The molecule has 7 heteroatoms. The summed E-state index contributed by atoms with van der Waals surface area (Å²) in [6, 6.07) is 13.3. The van der Waals surface area contributed by atoms with Gasteiger partial charge in [-0.2, -0.15) is 0 Å². The minimum atomic E-state index is -0.329. The average Bonchev–Trinajstić information content (AvgIpc) is 3.06. The summed E-state index contributed by atoms with van der Waals surface area (Å²) in [6.07, 6.45) is 0. The molecule has 0 saturated carbocycles. The van der Waals surface area contributed by atoms with Crippen LogP contribution in [0.1, 0.15) is 18.1 Å². The lowest BCUT2D eigenvalue weighted by Gasteiger charge is -2.12. The molecule has 0 aliphatic carbocycles. The highest BCUT2D eigenvalue weighted by Gasteiger charge is 2.18. The molecule has 2 N–H and O–H groups in total. The van der Waals surface area contributed by atoms with Crippen molar-refractivity contribution < 1.29 is 4.79 Å². The standard InChI is InChI=1S/C19H19ClN4OS/c1-11-4-9-16(12(2)10-11)21-18(25)13(3)26-19-22-17(23-24-19)14-5-7-15(20)8-6-14/h4-10,13H,1-3H3,(H,21,25)(H,22,23,24). The molecule has 2 aromatic carbocycles. The average molecular weight is 387 g/mol. The molecule has 0 aliphatic heterocycles. The monoisotopic (exact) mass is 386 g/mol. The molecule has 1 heterocycles. The molecule has 1 amide bonds. The van der Waals surface area contributed by atoms with Gasteiger partial charge in [0.1, 0.15) is 0 Å². The molecule has 1 unspecified atom stereocenters. The van der Waals surface area contributed by atoms with Crippen LogP contribution in [0.2, 0.25) is 5.02 Å². The summed E-state index contributed by atoms with van der Waals surface area (Å²) in [5, 5.41) is 10.9. The van der Waals surface area contributed by atoms with E-state index in [1.165, 1.54) is 17.3 Å². The molecule has 1 aromatic heterocycles. The summed E-state index contributed by atoms with van der Waals surface area (Å²) in [5.74, 6) is 0.561. The second-order valence-electron chi connectivity index (χ2n) is 6.04. The van der Waals surface area contributed by atoms with E-state index >= 15 is 0 Å². The Balaban J connectivity index is 1.65. The number of hydrogen-bond donors (Lipinski definition) is 2. The van der Waals surface area contributed by atoms with Crippen LogP contribution in [0.5, 0.6) is 0 Å². The zero-order valence-electron chi connectivity index (χ0n) is 14.7. The quantitative estimate of drug-likeness (QED) is 0.614. The van der Waals surface area contributed by atoms with Crippen molar-refractivity contribution in [2.45, 2.75) is 31.2 Å². The van der Waals surface area contributed by atoms with Gasteiger partial charge in [0, 0.05) is 16.3 Å². The van der Waals surface area contributed by atoms with Gasteiger partial charge in [-0.3, -0.25) is 9.89 Å². The van der Waals surface area contributed by atoms with E-state index in [0.717, 1.165) is 16.8 Å². The fourth-order valence-electron chi connectivity index (χ4n) is 2.44. The van der Waals surface area contributed by atoms with Gasteiger partial charge in [-0.1, -0.05) is 41.1 Å². The molecule has 0 bridgehead atoms. The third kappa shape index (κ3) is 4.45. The number of rotatable bonds is 5. The van der Waals surface area contributed by atoms with E-state index in [4.69, 9.17) is 11.6 Å². The minimum Gasteiger partial charge on any atom is -0.325 e. The van der Waals surface area contributed by atoms with Crippen molar-refractivity contribution in [1.82, 2.24) is 15.2 Å². The molecular weight excluding hydrogens is 368 g/mol. The van der Waals surface area contributed by atoms with E-state index < -0.39 is 0 Å². The molecule has 134 valence electrons. The predicted molar refractivity (Wildman–Crippen MR) is 107 cm³/mol. The number of aromatic amines is 1. The van der Waals surface area contributed by atoms with Crippen molar-refractivity contribution in [3.8, 4) is 11.4 Å². The summed E-state index contributed by atoms with van der Waals surface area (Å²) in [5.41, 5.74) is 3.92. The molecule has 0 aliphatic rings. The van der Waals surface area contributed by atoms with Gasteiger partial charge in [-0.25, -0.2) is 4.98 Å². The van der Waals surface area contributed by atoms with Crippen LogP contribution in [0.15, 0.2) is 47.6 Å². The van der Waals surface area contributed by atoms with E-state index in [2.05, 4.69) is 20.5 Å². The van der Waals surface area contributed by atoms with Crippen molar-refractivity contribution in [2.75, 3.05) is 5.32 Å². The molecule has 1 atom stereocenters. The molecule has 0 radical (unpaired) electrons. The third-order valence-corrected chi connectivity index (χ3v) is 5.09. The van der Waals surface area contributed by atoms with Crippen molar-refractivity contribution in [3.63, 3.8) is 0 Å². The van der Waals surface area contributed by atoms with Crippen molar-refractivity contribution >= 4 is 35.0 Å². The summed E-state index contributed by atoms with van der Waals surface area (Å²) < 4.78 is 0. The lowest BCUT2D eigenvalue weighted by molar-refractivity contribution is -0.115. The van der Waals surface area contributed by atoms with E-state index in [1.54, 1.807) is 12.1 Å². The summed E-state index contributed by atoms with van der Waals surface area (Å²) >= 11 is 7.21. The first-order valence-corrected chi connectivity index (χ1v) is 9.41. The number of benzene rings is 2. The zero-order chi connectivity index (χ0) is 18.7. The number of halogens is 1. The van der Waals surface area contributed by atoms with E-state index in [-0.39, 0.29) is 11.2 Å². The molecule has 0 spiro atoms. The Morgan fingerprint density at radius 1 is 1.19 bits per heavy atom. The highest BCUT2D eigenvalue weighted by Crippen LogP contribution is 2.25. The normalized spacial score (nSPS) is 12.0. The molecule has 3 rings (SSSR count). The van der Waals surface area contributed by atoms with Crippen LogP contribution in [0, 0.1) is 13.8 Å². The third-order valence-electron chi connectivity index (χ3n) is 3.87. The Labute approximate surface area is 161 Å². The maximum Gasteiger partial charge on any atom is 0.237 e. The van der Waals surface area contributed by atoms with E-state index in [0.29, 0.717) is 16.0 Å². The van der Waals surface area contributed by atoms with Crippen LogP contribution in [0.4, 0.5) is 5.69 Å². The second kappa shape index (κ2) is 7.93. The Morgan fingerprint density at radius 2 is 1.92 bits per heavy atom. The topological polar surface area (TPSA) is 70.7 Å². The highest BCUT2D eigenvalue weighted by atomic mass is 35.5. The van der Waals surface area contributed by atoms with E-state index in [9.17, 15) is 4.79 Å².